The van der Waals surface area contributed by atoms with Crippen LogP contribution in [-0.4, -0.2) is 80.4 Å². The number of pyridine rings is 1. The lowest BCUT2D eigenvalue weighted by molar-refractivity contribution is -0.130. The highest BCUT2D eigenvalue weighted by Crippen LogP contribution is 2.26. The maximum Gasteiger partial charge on any atom is 0.244 e. The normalized spacial score (nSPS) is 21.6. The minimum atomic E-state index is -3.49. The SMILES string of the molecule is CN(C)S(=O)(=O)c1ccc(N2CCC(C)(NCC(=O)N3CCC[C@H]3C#N)CC2)nc1. The number of carbonyl (C=O) groups is 1. The van der Waals surface area contributed by atoms with Crippen molar-refractivity contribution in [3.8, 4) is 6.07 Å². The van der Waals surface area contributed by atoms with E-state index < -0.39 is 10.0 Å². The molecule has 2 saturated heterocycles. The lowest BCUT2D eigenvalue weighted by atomic mass is 9.89. The molecule has 2 aliphatic heterocycles. The van der Waals surface area contributed by atoms with Crippen LogP contribution in [0.3, 0.4) is 0 Å². The molecule has 1 atom stereocenters. The number of anilines is 1. The Bertz CT molecular complexity index is 901. The van der Waals surface area contributed by atoms with Gasteiger partial charge in [0.05, 0.1) is 12.6 Å². The van der Waals surface area contributed by atoms with E-state index in [0.717, 1.165) is 44.6 Å². The Balaban J connectivity index is 1.54. The number of hydrogen-bond acceptors (Lipinski definition) is 7. The van der Waals surface area contributed by atoms with E-state index in [4.69, 9.17) is 5.26 Å². The molecule has 0 aromatic carbocycles. The van der Waals surface area contributed by atoms with Crippen molar-refractivity contribution < 1.29 is 13.2 Å². The summed E-state index contributed by atoms with van der Waals surface area (Å²) in [7, 11) is -0.492. The lowest BCUT2D eigenvalue weighted by Crippen LogP contribution is -2.54. The Morgan fingerprint density at radius 3 is 2.60 bits per heavy atom. The molecule has 3 heterocycles. The van der Waals surface area contributed by atoms with Crippen LogP contribution in [0.25, 0.3) is 0 Å². The molecule has 1 aromatic rings. The van der Waals surface area contributed by atoms with Gasteiger partial charge < -0.3 is 15.1 Å². The van der Waals surface area contributed by atoms with Gasteiger partial charge in [0.2, 0.25) is 15.9 Å². The molecule has 0 saturated carbocycles. The van der Waals surface area contributed by atoms with Crippen LogP contribution in [-0.2, 0) is 14.8 Å². The Kier molecular flexibility index (Phi) is 6.65. The van der Waals surface area contributed by atoms with E-state index in [1.165, 1.54) is 24.6 Å². The van der Waals surface area contributed by atoms with E-state index in [0.29, 0.717) is 6.54 Å². The predicted molar refractivity (Wildman–Crippen MR) is 113 cm³/mol. The van der Waals surface area contributed by atoms with Crippen molar-refractivity contribution in [3.05, 3.63) is 18.3 Å². The van der Waals surface area contributed by atoms with E-state index in [1.54, 1.807) is 17.0 Å². The van der Waals surface area contributed by atoms with E-state index >= 15 is 0 Å². The Labute approximate surface area is 178 Å². The average molecular weight is 435 g/mol. The number of sulfonamides is 1. The quantitative estimate of drug-likeness (QED) is 0.705. The summed E-state index contributed by atoms with van der Waals surface area (Å²) in [5, 5.41) is 12.6. The van der Waals surface area contributed by atoms with Gasteiger partial charge in [0.1, 0.15) is 16.8 Å². The standard InChI is InChI=1S/C20H30N6O3S/c1-20(23-15-19(27)26-10-4-5-16(26)13-21)8-11-25(12-9-20)18-7-6-17(14-22-18)30(28,29)24(2)3/h6-7,14,16,23H,4-5,8-12,15H2,1-3H3/t16-/m0/s1. The van der Waals surface area contributed by atoms with Gasteiger partial charge in [-0.15, -0.1) is 0 Å². The molecule has 0 spiro atoms. The molecule has 10 heteroatoms. The highest BCUT2D eigenvalue weighted by molar-refractivity contribution is 7.89. The minimum Gasteiger partial charge on any atom is -0.356 e. The number of carbonyl (C=O) groups excluding carboxylic acids is 1. The summed E-state index contributed by atoms with van der Waals surface area (Å²) in [4.78, 5) is 20.8. The van der Waals surface area contributed by atoms with Crippen LogP contribution in [0.4, 0.5) is 5.82 Å². The number of nitrogens with zero attached hydrogens (tertiary/aromatic N) is 5. The highest BCUT2D eigenvalue weighted by Gasteiger charge is 2.33. The fraction of sp³-hybridized carbons (Fsp3) is 0.650. The van der Waals surface area contributed by atoms with Crippen molar-refractivity contribution in [2.45, 2.75) is 49.1 Å². The Morgan fingerprint density at radius 2 is 2.03 bits per heavy atom. The van der Waals surface area contributed by atoms with Crippen molar-refractivity contribution in [2.24, 2.45) is 0 Å². The molecule has 1 aromatic heterocycles. The number of rotatable bonds is 6. The van der Waals surface area contributed by atoms with E-state index in [1.807, 2.05) is 0 Å². The molecule has 1 amide bonds. The molecule has 30 heavy (non-hydrogen) atoms. The smallest absolute Gasteiger partial charge is 0.244 e. The molecule has 2 aliphatic rings. The van der Waals surface area contributed by atoms with Gasteiger partial charge in [-0.3, -0.25) is 4.79 Å². The molecule has 164 valence electrons. The molecule has 3 rings (SSSR count). The molecule has 0 bridgehead atoms. The first-order valence-electron chi connectivity index (χ1n) is 10.2. The zero-order valence-electron chi connectivity index (χ0n) is 17.8. The van der Waals surface area contributed by atoms with Crippen molar-refractivity contribution in [2.75, 3.05) is 45.2 Å². The summed E-state index contributed by atoms with van der Waals surface area (Å²) in [6, 6.07) is 5.25. The summed E-state index contributed by atoms with van der Waals surface area (Å²) < 4.78 is 25.5. The molecule has 9 nitrogen and oxygen atoms in total. The van der Waals surface area contributed by atoms with Gasteiger partial charge in [0.25, 0.3) is 0 Å². The zero-order valence-corrected chi connectivity index (χ0v) is 18.7. The second-order valence-corrected chi connectivity index (χ2v) is 10.6. The molecular formula is C20H30N6O3S. The number of aromatic nitrogens is 1. The van der Waals surface area contributed by atoms with Gasteiger partial charge in [-0.2, -0.15) is 5.26 Å². The number of nitriles is 1. The highest BCUT2D eigenvalue weighted by atomic mass is 32.2. The lowest BCUT2D eigenvalue weighted by Gasteiger charge is -2.40. The third-order valence-electron chi connectivity index (χ3n) is 6.08. The Morgan fingerprint density at radius 1 is 1.33 bits per heavy atom. The van der Waals surface area contributed by atoms with Crippen LogP contribution in [0.15, 0.2) is 23.2 Å². The minimum absolute atomic E-state index is 0.0120. The summed E-state index contributed by atoms with van der Waals surface area (Å²) in [6.45, 7) is 4.53. The van der Waals surface area contributed by atoms with Crippen LogP contribution < -0.4 is 10.2 Å². The second kappa shape index (κ2) is 8.88. The number of piperidine rings is 1. The maximum absolute atomic E-state index is 12.5. The number of amides is 1. The molecule has 0 aliphatic carbocycles. The van der Waals surface area contributed by atoms with Crippen LogP contribution in [0, 0.1) is 11.3 Å². The van der Waals surface area contributed by atoms with Crippen molar-refractivity contribution in [3.63, 3.8) is 0 Å². The van der Waals surface area contributed by atoms with Crippen LogP contribution in [0.1, 0.15) is 32.6 Å². The van der Waals surface area contributed by atoms with Crippen LogP contribution in [0.5, 0.6) is 0 Å². The van der Waals surface area contributed by atoms with Crippen molar-refractivity contribution in [1.82, 2.24) is 19.5 Å². The van der Waals surface area contributed by atoms with Crippen LogP contribution >= 0.6 is 0 Å². The van der Waals surface area contributed by atoms with Gasteiger partial charge in [-0.1, -0.05) is 0 Å². The average Bonchev–Trinajstić information content (AvgIpc) is 3.22. The third-order valence-corrected chi connectivity index (χ3v) is 7.88. The van der Waals surface area contributed by atoms with Crippen molar-refractivity contribution in [1.29, 1.82) is 5.26 Å². The van der Waals surface area contributed by atoms with Gasteiger partial charge in [-0.05, 0) is 44.7 Å². The summed E-state index contributed by atoms with van der Waals surface area (Å²) in [6.07, 6.45) is 4.72. The number of nitrogens with one attached hydrogen (secondary N) is 1. The summed E-state index contributed by atoms with van der Waals surface area (Å²) in [5.74, 6) is 0.738. The van der Waals surface area contributed by atoms with Crippen molar-refractivity contribution >= 4 is 21.7 Å². The molecular weight excluding hydrogens is 404 g/mol. The molecule has 0 unspecified atom stereocenters. The summed E-state index contributed by atoms with van der Waals surface area (Å²) in [5.41, 5.74) is -0.164. The third kappa shape index (κ3) is 4.74. The monoisotopic (exact) mass is 434 g/mol. The first-order valence-corrected chi connectivity index (χ1v) is 11.7. The zero-order chi connectivity index (χ0) is 21.9. The topological polar surface area (TPSA) is 110 Å². The maximum atomic E-state index is 12.5. The second-order valence-electron chi connectivity index (χ2n) is 8.42. The van der Waals surface area contributed by atoms with Crippen LogP contribution in [0.2, 0.25) is 0 Å². The molecule has 0 radical (unpaired) electrons. The summed E-state index contributed by atoms with van der Waals surface area (Å²) >= 11 is 0. The van der Waals surface area contributed by atoms with Gasteiger partial charge in [0.15, 0.2) is 0 Å². The van der Waals surface area contributed by atoms with Gasteiger partial charge in [0, 0.05) is 45.5 Å². The van der Waals surface area contributed by atoms with E-state index in [9.17, 15) is 13.2 Å². The van der Waals surface area contributed by atoms with E-state index in [2.05, 4.69) is 28.2 Å². The van der Waals surface area contributed by atoms with Gasteiger partial charge >= 0.3 is 0 Å². The fourth-order valence-corrected chi connectivity index (χ4v) is 4.77. The number of hydrogen-bond donors (Lipinski definition) is 1. The predicted octanol–water partition coefficient (Wildman–Crippen LogP) is 0.795. The first-order chi connectivity index (χ1) is 14.2. The largest absolute Gasteiger partial charge is 0.356 e. The molecule has 2 fully saturated rings. The fourth-order valence-electron chi connectivity index (χ4n) is 3.92. The first kappa shape index (κ1) is 22.5. The van der Waals surface area contributed by atoms with Gasteiger partial charge in [-0.25, -0.2) is 17.7 Å². The van der Waals surface area contributed by atoms with E-state index in [-0.39, 0.29) is 28.9 Å². The Hall–Kier alpha value is -2.22. The molecule has 1 N–H and O–H groups in total. The number of likely N-dealkylation sites (tertiary alicyclic amines) is 1.